The van der Waals surface area contributed by atoms with Crippen LogP contribution in [0.15, 0.2) is 66.7 Å². The number of rotatable bonds is 2. The highest BCUT2D eigenvalue weighted by molar-refractivity contribution is 5.93. The SMILES string of the molecule is O=C(c1ccccc1)N1Cc2cc(-c3ccccc3)nn2[C@H]2CCCCN21. The molecule has 0 bridgehead atoms. The molecule has 3 aromatic rings. The van der Waals surface area contributed by atoms with Crippen molar-refractivity contribution in [2.45, 2.75) is 32.0 Å². The van der Waals surface area contributed by atoms with Gasteiger partial charge in [-0.05, 0) is 37.5 Å². The summed E-state index contributed by atoms with van der Waals surface area (Å²) in [5, 5.41) is 9.05. The molecule has 5 heteroatoms. The number of amides is 1. The number of carbonyl (C=O) groups is 1. The minimum absolute atomic E-state index is 0.0659. The maximum atomic E-state index is 13.2. The van der Waals surface area contributed by atoms with Crippen LogP contribution < -0.4 is 0 Å². The van der Waals surface area contributed by atoms with Gasteiger partial charge in [0, 0.05) is 17.7 Å². The van der Waals surface area contributed by atoms with Gasteiger partial charge in [-0.25, -0.2) is 4.68 Å². The van der Waals surface area contributed by atoms with Gasteiger partial charge >= 0.3 is 0 Å². The topological polar surface area (TPSA) is 41.4 Å². The van der Waals surface area contributed by atoms with Crippen molar-refractivity contribution in [2.75, 3.05) is 6.54 Å². The molecule has 2 aromatic carbocycles. The van der Waals surface area contributed by atoms with Crippen LogP contribution in [-0.4, -0.2) is 32.3 Å². The molecule has 0 N–H and O–H groups in total. The Morgan fingerprint density at radius 2 is 1.70 bits per heavy atom. The standard InChI is InChI=1S/C22H22N4O/c27-22(18-11-5-2-6-12-18)25-16-19-15-20(17-9-3-1-4-10-17)23-26(19)21-13-7-8-14-24(21)25/h1-6,9-12,15,21H,7-8,13-14,16H2/t21-/m0/s1. The van der Waals surface area contributed by atoms with Crippen molar-refractivity contribution in [1.82, 2.24) is 19.8 Å². The first-order valence-electron chi connectivity index (χ1n) is 9.58. The largest absolute Gasteiger partial charge is 0.268 e. The van der Waals surface area contributed by atoms with Crippen LogP contribution in [0.1, 0.15) is 41.5 Å². The van der Waals surface area contributed by atoms with Crippen LogP contribution in [-0.2, 0) is 6.54 Å². The predicted octanol–water partition coefficient (Wildman–Crippen LogP) is 4.11. The summed E-state index contributed by atoms with van der Waals surface area (Å²) in [6, 6.07) is 21.9. The Balaban J connectivity index is 1.54. The van der Waals surface area contributed by atoms with Crippen LogP contribution >= 0.6 is 0 Å². The third-order valence-electron chi connectivity index (χ3n) is 5.49. The molecule has 1 aromatic heterocycles. The minimum Gasteiger partial charge on any atom is -0.268 e. The second kappa shape index (κ2) is 6.67. The van der Waals surface area contributed by atoms with Crippen LogP contribution in [0.3, 0.4) is 0 Å². The first-order chi connectivity index (χ1) is 13.3. The van der Waals surface area contributed by atoms with E-state index in [1.807, 2.05) is 53.5 Å². The predicted molar refractivity (Wildman–Crippen MR) is 104 cm³/mol. The van der Waals surface area contributed by atoms with Gasteiger partial charge in [-0.2, -0.15) is 10.1 Å². The molecule has 5 nitrogen and oxygen atoms in total. The summed E-state index contributed by atoms with van der Waals surface area (Å²) >= 11 is 0. The lowest BCUT2D eigenvalue weighted by Crippen LogP contribution is -2.55. The Bertz CT molecular complexity index is 951. The van der Waals surface area contributed by atoms with Crippen molar-refractivity contribution >= 4 is 5.91 Å². The van der Waals surface area contributed by atoms with Crippen molar-refractivity contribution < 1.29 is 4.79 Å². The van der Waals surface area contributed by atoms with E-state index in [-0.39, 0.29) is 12.1 Å². The summed E-state index contributed by atoms with van der Waals surface area (Å²) < 4.78 is 2.14. The van der Waals surface area contributed by atoms with Crippen molar-refractivity contribution in [1.29, 1.82) is 0 Å². The van der Waals surface area contributed by atoms with Gasteiger partial charge in [0.1, 0.15) is 6.17 Å². The molecule has 0 radical (unpaired) electrons. The average molecular weight is 358 g/mol. The molecule has 136 valence electrons. The summed E-state index contributed by atoms with van der Waals surface area (Å²) in [5.74, 6) is 0.0659. The fourth-order valence-electron chi connectivity index (χ4n) is 4.15. The lowest BCUT2D eigenvalue weighted by atomic mass is 10.1. The van der Waals surface area contributed by atoms with Gasteiger partial charge < -0.3 is 0 Å². The molecule has 3 heterocycles. The summed E-state index contributed by atoms with van der Waals surface area (Å²) in [6.45, 7) is 1.45. The fourth-order valence-corrected chi connectivity index (χ4v) is 4.15. The second-order valence-corrected chi connectivity index (χ2v) is 7.20. The normalized spacial score (nSPS) is 19.4. The van der Waals surface area contributed by atoms with E-state index >= 15 is 0 Å². The van der Waals surface area contributed by atoms with E-state index in [1.54, 1.807) is 0 Å². The summed E-state index contributed by atoms with van der Waals surface area (Å²) in [4.78, 5) is 13.2. The summed E-state index contributed by atoms with van der Waals surface area (Å²) in [6.07, 6.45) is 3.40. The van der Waals surface area contributed by atoms with E-state index in [2.05, 4.69) is 27.9 Å². The fraction of sp³-hybridized carbons (Fsp3) is 0.273. The van der Waals surface area contributed by atoms with Gasteiger partial charge in [0.05, 0.1) is 17.9 Å². The molecular formula is C22H22N4O. The zero-order chi connectivity index (χ0) is 18.2. The van der Waals surface area contributed by atoms with E-state index in [0.29, 0.717) is 6.54 Å². The van der Waals surface area contributed by atoms with Crippen LogP contribution in [0.25, 0.3) is 11.3 Å². The Morgan fingerprint density at radius 3 is 2.48 bits per heavy atom. The van der Waals surface area contributed by atoms with Gasteiger partial charge in [0.15, 0.2) is 0 Å². The van der Waals surface area contributed by atoms with Gasteiger partial charge in [-0.1, -0.05) is 48.5 Å². The highest BCUT2D eigenvalue weighted by atomic mass is 16.2. The molecule has 0 saturated carbocycles. The summed E-state index contributed by atoms with van der Waals surface area (Å²) in [5.41, 5.74) is 3.92. The number of fused-ring (bicyclic) bond motifs is 3. The first-order valence-corrected chi connectivity index (χ1v) is 9.58. The smallest absolute Gasteiger partial charge is 0.268 e. The van der Waals surface area contributed by atoms with Gasteiger partial charge in [-0.3, -0.25) is 9.80 Å². The molecule has 1 fully saturated rings. The van der Waals surface area contributed by atoms with Crippen molar-refractivity contribution in [3.05, 3.63) is 78.0 Å². The van der Waals surface area contributed by atoms with E-state index in [1.165, 1.54) is 0 Å². The molecule has 1 amide bonds. The lowest BCUT2D eigenvalue weighted by molar-refractivity contribution is -0.108. The number of hydrogen-bond donors (Lipinski definition) is 0. The molecule has 0 spiro atoms. The minimum atomic E-state index is 0.0659. The number of carbonyl (C=O) groups excluding carboxylic acids is 1. The van der Waals surface area contributed by atoms with Crippen molar-refractivity contribution in [2.24, 2.45) is 0 Å². The van der Waals surface area contributed by atoms with Crippen LogP contribution in [0.5, 0.6) is 0 Å². The first kappa shape index (κ1) is 16.3. The summed E-state index contributed by atoms with van der Waals surface area (Å²) in [7, 11) is 0. The molecule has 1 saturated heterocycles. The van der Waals surface area contributed by atoms with Gasteiger partial charge in [0.2, 0.25) is 0 Å². The number of hydrazine groups is 1. The lowest BCUT2D eigenvalue weighted by Gasteiger charge is -2.46. The Labute approximate surface area is 158 Å². The van der Waals surface area contributed by atoms with E-state index < -0.39 is 0 Å². The second-order valence-electron chi connectivity index (χ2n) is 7.20. The number of nitrogens with zero attached hydrogens (tertiary/aromatic N) is 4. The number of piperidine rings is 1. The highest BCUT2D eigenvalue weighted by Gasteiger charge is 2.38. The Kier molecular flexibility index (Phi) is 4.02. The Hall–Kier alpha value is -2.92. The molecule has 2 aliphatic rings. The molecule has 0 aliphatic carbocycles. The third-order valence-corrected chi connectivity index (χ3v) is 5.49. The number of aromatic nitrogens is 2. The average Bonchev–Trinajstić information content (AvgIpc) is 3.18. The third kappa shape index (κ3) is 2.84. The number of benzene rings is 2. The monoisotopic (exact) mass is 358 g/mol. The van der Waals surface area contributed by atoms with Gasteiger partial charge in [0.25, 0.3) is 5.91 Å². The van der Waals surface area contributed by atoms with Crippen molar-refractivity contribution in [3.8, 4) is 11.3 Å². The quantitative estimate of drug-likeness (QED) is 0.692. The zero-order valence-corrected chi connectivity index (χ0v) is 15.2. The Morgan fingerprint density at radius 1 is 0.963 bits per heavy atom. The van der Waals surface area contributed by atoms with Crippen LogP contribution in [0, 0.1) is 0 Å². The number of hydrogen-bond acceptors (Lipinski definition) is 3. The maximum Gasteiger partial charge on any atom is 0.268 e. The van der Waals surface area contributed by atoms with Crippen LogP contribution in [0.2, 0.25) is 0 Å². The molecular weight excluding hydrogens is 336 g/mol. The molecule has 1 atom stereocenters. The molecule has 2 aliphatic heterocycles. The van der Waals surface area contributed by atoms with Crippen LogP contribution in [0.4, 0.5) is 0 Å². The van der Waals surface area contributed by atoms with E-state index in [9.17, 15) is 4.79 Å². The molecule has 5 rings (SSSR count). The highest BCUT2D eigenvalue weighted by Crippen LogP contribution is 2.35. The van der Waals surface area contributed by atoms with Crippen molar-refractivity contribution in [3.63, 3.8) is 0 Å². The van der Waals surface area contributed by atoms with E-state index in [4.69, 9.17) is 5.10 Å². The zero-order valence-electron chi connectivity index (χ0n) is 15.2. The van der Waals surface area contributed by atoms with E-state index in [0.717, 1.165) is 48.3 Å². The molecule has 27 heavy (non-hydrogen) atoms. The maximum absolute atomic E-state index is 13.2. The van der Waals surface area contributed by atoms with Gasteiger partial charge in [-0.15, -0.1) is 0 Å². The molecule has 0 unspecified atom stereocenters.